The number of halogens is 2. The molecule has 49 heavy (non-hydrogen) atoms. The molecule has 258 valence electrons. The van der Waals surface area contributed by atoms with Gasteiger partial charge in [-0.2, -0.15) is 4.98 Å². The number of esters is 1. The molecule has 0 aliphatic carbocycles. The van der Waals surface area contributed by atoms with Crippen molar-refractivity contribution in [3.63, 3.8) is 0 Å². The lowest BCUT2D eigenvalue weighted by Crippen LogP contribution is -2.54. The van der Waals surface area contributed by atoms with E-state index < -0.39 is 62.3 Å². The van der Waals surface area contributed by atoms with E-state index in [1.807, 2.05) is 0 Å². The van der Waals surface area contributed by atoms with Crippen molar-refractivity contribution in [3.05, 3.63) is 77.0 Å². The van der Waals surface area contributed by atoms with Crippen molar-refractivity contribution < 1.29 is 31.5 Å². The molecule has 0 spiro atoms. The Morgan fingerprint density at radius 1 is 1.08 bits per heavy atom. The molecular formula is C34H36F2N6O6S. The first kappa shape index (κ1) is 35.3. The summed E-state index contributed by atoms with van der Waals surface area (Å²) in [6.45, 7) is 12.7. The molecule has 0 saturated carbocycles. The minimum absolute atomic E-state index is 0.00581. The quantitative estimate of drug-likeness (QED) is 0.148. The third kappa shape index (κ3) is 6.67. The summed E-state index contributed by atoms with van der Waals surface area (Å²) in [6, 6.07) is 5.50. The van der Waals surface area contributed by atoms with Crippen molar-refractivity contribution in [1.29, 1.82) is 0 Å². The van der Waals surface area contributed by atoms with Crippen LogP contribution >= 0.6 is 0 Å². The van der Waals surface area contributed by atoms with E-state index in [-0.39, 0.29) is 64.4 Å². The van der Waals surface area contributed by atoms with E-state index in [1.165, 1.54) is 30.5 Å². The van der Waals surface area contributed by atoms with Gasteiger partial charge in [-0.3, -0.25) is 14.6 Å². The summed E-state index contributed by atoms with van der Waals surface area (Å²) in [5.74, 6) is -4.23. The zero-order valence-corrected chi connectivity index (χ0v) is 28.7. The number of benzene rings is 1. The Labute approximate surface area is 282 Å². The van der Waals surface area contributed by atoms with Crippen LogP contribution in [0.5, 0.6) is 5.75 Å². The van der Waals surface area contributed by atoms with Crippen LogP contribution in [-0.4, -0.2) is 76.6 Å². The number of hydrogen-bond donors (Lipinski definition) is 0. The molecule has 3 aromatic heterocycles. The van der Waals surface area contributed by atoms with Crippen LogP contribution in [0.3, 0.4) is 0 Å². The summed E-state index contributed by atoms with van der Waals surface area (Å²) in [6.07, 6.45) is 3.49. The molecule has 4 heterocycles. The van der Waals surface area contributed by atoms with Gasteiger partial charge in [-0.05, 0) is 43.2 Å². The van der Waals surface area contributed by atoms with Crippen LogP contribution in [0.25, 0.3) is 28.0 Å². The van der Waals surface area contributed by atoms with E-state index >= 15 is 8.78 Å². The fourth-order valence-electron chi connectivity index (χ4n) is 5.75. The number of fused-ring (bicyclic) bond motifs is 1. The summed E-state index contributed by atoms with van der Waals surface area (Å²) < 4.78 is 64.6. The summed E-state index contributed by atoms with van der Waals surface area (Å²) in [5, 5.41) is 0.00581. The molecule has 12 nitrogen and oxygen atoms in total. The van der Waals surface area contributed by atoms with Gasteiger partial charge in [0.1, 0.15) is 23.1 Å². The summed E-state index contributed by atoms with van der Waals surface area (Å²) in [7, 11) is -3.99. The van der Waals surface area contributed by atoms with Crippen LogP contribution in [0.1, 0.15) is 46.2 Å². The van der Waals surface area contributed by atoms with Gasteiger partial charge in [-0.15, -0.1) is 0 Å². The van der Waals surface area contributed by atoms with Gasteiger partial charge in [0.2, 0.25) is 5.91 Å². The van der Waals surface area contributed by atoms with Gasteiger partial charge in [0, 0.05) is 38.1 Å². The monoisotopic (exact) mass is 694 g/mol. The molecule has 1 aliphatic rings. The largest absolute Gasteiger partial charge is 0.425 e. The van der Waals surface area contributed by atoms with E-state index in [9.17, 15) is 22.8 Å². The molecule has 1 aliphatic heterocycles. The second kappa shape index (κ2) is 13.5. The normalized spacial score (nSPS) is 15.3. The number of ether oxygens (including phenoxy) is 1. The number of carbonyl (C=O) groups is 2. The van der Waals surface area contributed by atoms with E-state index in [1.54, 1.807) is 44.4 Å². The molecule has 0 bridgehead atoms. The average Bonchev–Trinajstić information content (AvgIpc) is 3.03. The van der Waals surface area contributed by atoms with Crippen molar-refractivity contribution in [1.82, 2.24) is 24.4 Å². The Kier molecular flexibility index (Phi) is 9.68. The second-order valence-corrected chi connectivity index (χ2v) is 14.4. The molecule has 0 unspecified atom stereocenters. The molecule has 1 saturated heterocycles. The number of piperazine rings is 1. The fourth-order valence-corrected chi connectivity index (χ4v) is 6.60. The molecule has 0 N–H and O–H groups in total. The van der Waals surface area contributed by atoms with Crippen LogP contribution < -0.4 is 15.3 Å². The molecule has 0 radical (unpaired) electrons. The number of rotatable bonds is 8. The summed E-state index contributed by atoms with van der Waals surface area (Å²) in [4.78, 5) is 55.4. The maximum atomic E-state index is 16.4. The van der Waals surface area contributed by atoms with Gasteiger partial charge in [0.25, 0.3) is 0 Å². The lowest BCUT2D eigenvalue weighted by Gasteiger charge is -2.40. The highest BCUT2D eigenvalue weighted by Gasteiger charge is 2.32. The molecule has 1 aromatic carbocycles. The number of aromatic nitrogens is 4. The smallest absolute Gasteiger partial charge is 0.355 e. The molecule has 1 fully saturated rings. The molecular weight excluding hydrogens is 658 g/mol. The van der Waals surface area contributed by atoms with Crippen molar-refractivity contribution in [2.24, 2.45) is 5.92 Å². The first-order valence-corrected chi connectivity index (χ1v) is 17.4. The van der Waals surface area contributed by atoms with Gasteiger partial charge < -0.3 is 14.5 Å². The number of sulfone groups is 1. The maximum Gasteiger partial charge on any atom is 0.355 e. The minimum atomic E-state index is -3.99. The van der Waals surface area contributed by atoms with Gasteiger partial charge in [-0.25, -0.2) is 31.5 Å². The van der Waals surface area contributed by atoms with Crippen LogP contribution in [0.2, 0.25) is 0 Å². The van der Waals surface area contributed by atoms with E-state index in [2.05, 4.69) is 21.5 Å². The average molecular weight is 695 g/mol. The standard InChI is InChI=1S/C34H36F2N6O6S/c1-8-26(43)40-14-15-41(20(6)17-40)31-21-16-23(36)29(27-22(35)10-9-11-24(27)48-33(44)19(4)5)38-32(21)42(34(45)39-31)30-25(49(7,46)47)12-13-37-28(30)18(2)3/h8-13,16,18-20H,1,14-15,17H2,2-7H3/t20-/m0/s1. The lowest BCUT2D eigenvalue weighted by atomic mass is 10.1. The molecule has 1 atom stereocenters. The van der Waals surface area contributed by atoms with E-state index in [4.69, 9.17) is 4.74 Å². The van der Waals surface area contributed by atoms with Crippen LogP contribution in [0.4, 0.5) is 14.6 Å². The summed E-state index contributed by atoms with van der Waals surface area (Å²) in [5.41, 5.74) is -2.18. The number of hydrogen-bond acceptors (Lipinski definition) is 10. The van der Waals surface area contributed by atoms with Gasteiger partial charge >= 0.3 is 11.7 Å². The predicted molar refractivity (Wildman–Crippen MR) is 180 cm³/mol. The highest BCUT2D eigenvalue weighted by molar-refractivity contribution is 7.90. The molecule has 4 aromatic rings. The van der Waals surface area contributed by atoms with Crippen molar-refractivity contribution in [2.75, 3.05) is 30.8 Å². The zero-order valence-electron chi connectivity index (χ0n) is 27.9. The van der Waals surface area contributed by atoms with Gasteiger partial charge in [0.15, 0.2) is 21.3 Å². The zero-order chi connectivity index (χ0) is 35.9. The minimum Gasteiger partial charge on any atom is -0.425 e. The Hall–Kier alpha value is -5.05. The topological polar surface area (TPSA) is 145 Å². The SMILES string of the molecule is C=CC(=O)N1CCN(c2nc(=O)n(-c3c(S(C)(=O)=O)ccnc3C(C)C)c3nc(-c4c(F)cccc4OC(=O)C(C)C)c(F)cc23)[C@@H](C)C1. The van der Waals surface area contributed by atoms with Crippen LogP contribution in [0, 0.1) is 17.6 Å². The maximum absolute atomic E-state index is 16.4. The highest BCUT2D eigenvalue weighted by atomic mass is 32.2. The number of amides is 1. The Bertz CT molecular complexity index is 2170. The molecule has 1 amide bonds. The van der Waals surface area contributed by atoms with Crippen molar-refractivity contribution in [2.45, 2.75) is 51.5 Å². The Balaban J connectivity index is 1.89. The van der Waals surface area contributed by atoms with E-state index in [0.29, 0.717) is 0 Å². The lowest BCUT2D eigenvalue weighted by molar-refractivity contribution is -0.137. The third-order valence-electron chi connectivity index (χ3n) is 8.17. The number of carbonyl (C=O) groups excluding carboxylic acids is 2. The van der Waals surface area contributed by atoms with Crippen molar-refractivity contribution in [3.8, 4) is 22.7 Å². The number of anilines is 1. The Morgan fingerprint density at radius 2 is 1.80 bits per heavy atom. The van der Waals surface area contributed by atoms with Gasteiger partial charge in [0.05, 0.1) is 33.1 Å². The molecule has 15 heteroatoms. The number of pyridine rings is 2. The van der Waals surface area contributed by atoms with Crippen molar-refractivity contribution >= 4 is 38.6 Å². The number of nitrogens with zero attached hydrogens (tertiary/aromatic N) is 6. The van der Waals surface area contributed by atoms with Gasteiger partial charge in [-0.1, -0.05) is 40.3 Å². The predicted octanol–water partition coefficient (Wildman–Crippen LogP) is 4.43. The molecule has 5 rings (SSSR count). The van der Waals surface area contributed by atoms with Crippen LogP contribution in [-0.2, 0) is 19.4 Å². The highest BCUT2D eigenvalue weighted by Crippen LogP contribution is 2.38. The third-order valence-corrected chi connectivity index (χ3v) is 9.30. The first-order chi connectivity index (χ1) is 23.0. The second-order valence-electron chi connectivity index (χ2n) is 12.4. The van der Waals surface area contributed by atoms with Crippen LogP contribution in [0.15, 0.2) is 58.9 Å². The first-order valence-electron chi connectivity index (χ1n) is 15.6. The Morgan fingerprint density at radius 3 is 2.41 bits per heavy atom. The summed E-state index contributed by atoms with van der Waals surface area (Å²) >= 11 is 0. The van der Waals surface area contributed by atoms with E-state index in [0.717, 1.165) is 23.0 Å². The fraction of sp³-hybridized carbons (Fsp3) is 0.353.